The minimum atomic E-state index is 0.970. The molecule has 0 N–H and O–H groups in total. The Morgan fingerprint density at radius 1 is 1.19 bits per heavy atom. The van der Waals surface area contributed by atoms with Crippen molar-refractivity contribution in [3.63, 3.8) is 0 Å². The van der Waals surface area contributed by atoms with E-state index in [1.54, 1.807) is 0 Å². The molecule has 2 heteroatoms. The van der Waals surface area contributed by atoms with E-state index < -0.39 is 0 Å². The highest BCUT2D eigenvalue weighted by Gasteiger charge is 1.91. The number of hydrogen-bond acceptors (Lipinski definition) is 2. The molecule has 1 aromatic carbocycles. The molecule has 0 fully saturated rings. The summed E-state index contributed by atoms with van der Waals surface area (Å²) < 4.78 is 0. The molecule has 1 aromatic rings. The molecule has 0 unspecified atom stereocenters. The molecule has 0 bridgehead atoms. The largest absolute Gasteiger partial charge is 0.378 e. The van der Waals surface area contributed by atoms with Crippen LogP contribution in [0.1, 0.15) is 6.92 Å². The lowest BCUT2D eigenvalue weighted by Gasteiger charge is -2.12. The highest BCUT2D eigenvalue weighted by molar-refractivity contribution is 5.75. The van der Waals surface area contributed by atoms with Crippen molar-refractivity contribution in [3.05, 3.63) is 54.3 Å². The van der Waals surface area contributed by atoms with Crippen molar-refractivity contribution in [2.45, 2.75) is 6.92 Å². The highest BCUT2D eigenvalue weighted by atomic mass is 15.1. The molecule has 0 radical (unpaired) electrons. The van der Waals surface area contributed by atoms with Crippen molar-refractivity contribution >= 4 is 11.9 Å². The maximum Gasteiger partial charge on any atom is 0.0629 e. The molecule has 0 saturated heterocycles. The van der Waals surface area contributed by atoms with Crippen molar-refractivity contribution < 1.29 is 0 Å². The zero-order chi connectivity index (χ0) is 11.8. The summed E-state index contributed by atoms with van der Waals surface area (Å²) in [6.45, 7) is 2.01. The van der Waals surface area contributed by atoms with Crippen LogP contribution in [0.5, 0.6) is 0 Å². The number of nitrogens with zero attached hydrogens (tertiary/aromatic N) is 2. The first-order chi connectivity index (χ1) is 7.74. The number of allylic oxidation sites excluding steroid dienone is 3. The molecule has 0 aliphatic carbocycles. The normalized spacial score (nSPS) is 12.6. The summed E-state index contributed by atoms with van der Waals surface area (Å²) in [6, 6.07) is 9.91. The lowest BCUT2D eigenvalue weighted by molar-refractivity contribution is 0.531. The van der Waals surface area contributed by atoms with E-state index in [2.05, 4.69) is 16.0 Å². The van der Waals surface area contributed by atoms with Gasteiger partial charge in [0.2, 0.25) is 0 Å². The van der Waals surface area contributed by atoms with Gasteiger partial charge >= 0.3 is 0 Å². The summed E-state index contributed by atoms with van der Waals surface area (Å²) in [5.74, 6) is 0. The van der Waals surface area contributed by atoms with Crippen LogP contribution in [0.3, 0.4) is 0 Å². The van der Waals surface area contributed by atoms with Crippen LogP contribution in [0.2, 0.25) is 0 Å². The molecule has 0 saturated carbocycles. The minimum Gasteiger partial charge on any atom is -0.378 e. The number of hydrogen-bond donors (Lipinski definition) is 0. The Labute approximate surface area is 97.6 Å². The van der Waals surface area contributed by atoms with Crippen LogP contribution < -0.4 is 0 Å². The SMILES string of the molecule is C/C=C\C(=C/C=Nc1ccccc1)N(C)C. The van der Waals surface area contributed by atoms with Crippen molar-refractivity contribution in [1.29, 1.82) is 0 Å². The molecule has 0 aliphatic heterocycles. The van der Waals surface area contributed by atoms with Gasteiger partial charge in [-0.05, 0) is 31.2 Å². The smallest absolute Gasteiger partial charge is 0.0629 e. The Hall–Kier alpha value is -1.83. The lowest BCUT2D eigenvalue weighted by Crippen LogP contribution is -2.09. The second kappa shape index (κ2) is 6.62. The second-order valence-corrected chi connectivity index (χ2v) is 3.60. The van der Waals surface area contributed by atoms with E-state index in [9.17, 15) is 0 Å². The number of para-hydroxylation sites is 1. The van der Waals surface area contributed by atoms with Gasteiger partial charge < -0.3 is 4.90 Å². The monoisotopic (exact) mass is 214 g/mol. The van der Waals surface area contributed by atoms with Crippen molar-refractivity contribution in [2.75, 3.05) is 14.1 Å². The summed E-state index contributed by atoms with van der Waals surface area (Å²) in [7, 11) is 4.03. The first kappa shape index (κ1) is 12.2. The maximum atomic E-state index is 4.35. The van der Waals surface area contributed by atoms with E-state index in [-0.39, 0.29) is 0 Å². The first-order valence-corrected chi connectivity index (χ1v) is 5.33. The Morgan fingerprint density at radius 3 is 2.44 bits per heavy atom. The maximum absolute atomic E-state index is 4.35. The number of rotatable bonds is 4. The van der Waals surface area contributed by atoms with Gasteiger partial charge in [-0.2, -0.15) is 0 Å². The fraction of sp³-hybridized carbons (Fsp3) is 0.214. The number of aliphatic imine (C=N–C) groups is 1. The Balaban J connectivity index is 2.74. The highest BCUT2D eigenvalue weighted by Crippen LogP contribution is 2.08. The molecule has 0 amide bonds. The van der Waals surface area contributed by atoms with Crippen LogP contribution in [0.15, 0.2) is 59.2 Å². The minimum absolute atomic E-state index is 0.970. The van der Waals surface area contributed by atoms with Crippen LogP contribution in [0.25, 0.3) is 0 Å². The Kier molecular flexibility index (Phi) is 5.06. The summed E-state index contributed by atoms with van der Waals surface area (Å²) in [5, 5.41) is 0. The molecule has 2 nitrogen and oxygen atoms in total. The average Bonchev–Trinajstić information content (AvgIpc) is 2.29. The zero-order valence-electron chi connectivity index (χ0n) is 10.1. The van der Waals surface area contributed by atoms with Gasteiger partial charge in [0, 0.05) is 26.0 Å². The van der Waals surface area contributed by atoms with E-state index in [0.717, 1.165) is 11.4 Å². The Morgan fingerprint density at radius 2 is 1.88 bits per heavy atom. The summed E-state index contributed by atoms with van der Waals surface area (Å²) in [6.07, 6.45) is 7.89. The third-order valence-corrected chi connectivity index (χ3v) is 2.08. The van der Waals surface area contributed by atoms with Crippen LogP contribution >= 0.6 is 0 Å². The second-order valence-electron chi connectivity index (χ2n) is 3.60. The van der Waals surface area contributed by atoms with Crippen LogP contribution in [0.4, 0.5) is 5.69 Å². The lowest BCUT2D eigenvalue weighted by atomic mass is 10.3. The van der Waals surface area contributed by atoms with Gasteiger partial charge in [0.25, 0.3) is 0 Å². The van der Waals surface area contributed by atoms with Crippen LogP contribution in [-0.2, 0) is 0 Å². The van der Waals surface area contributed by atoms with Gasteiger partial charge in [-0.3, -0.25) is 4.99 Å². The zero-order valence-corrected chi connectivity index (χ0v) is 10.1. The Bertz CT molecular complexity index is 386. The molecule has 0 heterocycles. The van der Waals surface area contributed by atoms with E-state index in [1.807, 2.05) is 69.7 Å². The van der Waals surface area contributed by atoms with E-state index >= 15 is 0 Å². The molecular formula is C14H18N2. The van der Waals surface area contributed by atoms with Crippen molar-refractivity contribution in [2.24, 2.45) is 4.99 Å². The van der Waals surface area contributed by atoms with E-state index in [0.29, 0.717) is 0 Å². The third kappa shape index (κ3) is 4.13. The summed E-state index contributed by atoms with van der Waals surface area (Å²) in [5.41, 5.74) is 2.10. The first-order valence-electron chi connectivity index (χ1n) is 5.33. The van der Waals surface area contributed by atoms with Crippen LogP contribution in [-0.4, -0.2) is 25.2 Å². The van der Waals surface area contributed by atoms with Gasteiger partial charge in [-0.1, -0.05) is 24.3 Å². The van der Waals surface area contributed by atoms with Gasteiger partial charge in [-0.15, -0.1) is 0 Å². The summed E-state index contributed by atoms with van der Waals surface area (Å²) in [4.78, 5) is 6.40. The van der Waals surface area contributed by atoms with Crippen LogP contribution in [0, 0.1) is 0 Å². The molecule has 84 valence electrons. The van der Waals surface area contributed by atoms with E-state index in [4.69, 9.17) is 0 Å². The topological polar surface area (TPSA) is 15.6 Å². The fourth-order valence-corrected chi connectivity index (χ4v) is 1.24. The predicted molar refractivity (Wildman–Crippen MR) is 71.2 cm³/mol. The van der Waals surface area contributed by atoms with E-state index in [1.165, 1.54) is 0 Å². The van der Waals surface area contributed by atoms with Crippen molar-refractivity contribution in [1.82, 2.24) is 4.90 Å². The standard InChI is InChI=1S/C14H18N2/c1-4-8-14(16(2)3)11-12-15-13-9-6-5-7-10-13/h4-12H,1-3H3/b8-4-,14-11+,15-12?. The third-order valence-electron chi connectivity index (χ3n) is 2.08. The molecule has 16 heavy (non-hydrogen) atoms. The quantitative estimate of drug-likeness (QED) is 0.554. The summed E-state index contributed by atoms with van der Waals surface area (Å²) >= 11 is 0. The van der Waals surface area contributed by atoms with Gasteiger partial charge in [0.15, 0.2) is 0 Å². The van der Waals surface area contributed by atoms with Gasteiger partial charge in [-0.25, -0.2) is 0 Å². The number of likely N-dealkylation sites (N-methyl/N-ethyl adjacent to an activating group) is 1. The molecule has 0 aromatic heterocycles. The van der Waals surface area contributed by atoms with Gasteiger partial charge in [0.1, 0.15) is 0 Å². The predicted octanol–water partition coefficient (Wildman–Crippen LogP) is 3.41. The molecule has 1 rings (SSSR count). The van der Waals surface area contributed by atoms with Gasteiger partial charge in [0.05, 0.1) is 5.69 Å². The molecule has 0 atom stereocenters. The average molecular weight is 214 g/mol. The molecule has 0 spiro atoms. The van der Waals surface area contributed by atoms with Crippen molar-refractivity contribution in [3.8, 4) is 0 Å². The molecule has 0 aliphatic rings. The number of benzene rings is 1. The molecular weight excluding hydrogens is 196 g/mol. The fourth-order valence-electron chi connectivity index (χ4n) is 1.24.